The molecule has 0 aromatic heterocycles. The highest BCUT2D eigenvalue weighted by Gasteiger charge is 2.45. The second-order valence-corrected chi connectivity index (χ2v) is 4.80. The van der Waals surface area contributed by atoms with Crippen molar-refractivity contribution in [3.8, 4) is 17.9 Å². The summed E-state index contributed by atoms with van der Waals surface area (Å²) in [7, 11) is 0. The van der Waals surface area contributed by atoms with Crippen molar-refractivity contribution in [3.63, 3.8) is 0 Å². The van der Waals surface area contributed by atoms with Gasteiger partial charge < -0.3 is 5.32 Å². The van der Waals surface area contributed by atoms with Crippen molar-refractivity contribution in [2.24, 2.45) is 0 Å². The van der Waals surface area contributed by atoms with Crippen LogP contribution in [0.25, 0.3) is 0 Å². The molecule has 0 atom stereocenters. The number of nitrogens with zero attached hydrogens (tertiary/aromatic N) is 1. The predicted molar refractivity (Wildman–Crippen MR) is 72.8 cm³/mol. The van der Waals surface area contributed by atoms with E-state index >= 15 is 0 Å². The molecule has 1 aromatic carbocycles. The molecule has 92 valence electrons. The van der Waals surface area contributed by atoms with E-state index in [1.165, 1.54) is 0 Å². The quantitative estimate of drug-likeness (QED) is 0.646. The van der Waals surface area contributed by atoms with Crippen LogP contribution >= 0.6 is 0 Å². The zero-order chi connectivity index (χ0) is 12.8. The standard InChI is InChI=1S/C16H18N2/c1-2-3-7-10-18-15-11-16(12-15,13-17)14-8-5-4-6-9-14/h4-6,8-9,15,18H,7,10-12H2,1H3. The summed E-state index contributed by atoms with van der Waals surface area (Å²) >= 11 is 0. The zero-order valence-corrected chi connectivity index (χ0v) is 10.7. The fourth-order valence-electron chi connectivity index (χ4n) is 2.54. The van der Waals surface area contributed by atoms with E-state index < -0.39 is 0 Å². The van der Waals surface area contributed by atoms with Gasteiger partial charge in [0.15, 0.2) is 0 Å². The molecule has 18 heavy (non-hydrogen) atoms. The van der Waals surface area contributed by atoms with Crippen LogP contribution < -0.4 is 5.32 Å². The van der Waals surface area contributed by atoms with E-state index in [9.17, 15) is 5.26 Å². The number of hydrogen-bond acceptors (Lipinski definition) is 2. The lowest BCUT2D eigenvalue weighted by atomic mass is 9.62. The molecule has 1 aliphatic carbocycles. The Morgan fingerprint density at radius 2 is 2.06 bits per heavy atom. The maximum atomic E-state index is 9.42. The third-order valence-electron chi connectivity index (χ3n) is 3.59. The Labute approximate surface area is 109 Å². The molecule has 0 saturated heterocycles. The van der Waals surface area contributed by atoms with Crippen molar-refractivity contribution in [1.82, 2.24) is 5.32 Å². The molecule has 0 radical (unpaired) electrons. The van der Waals surface area contributed by atoms with Crippen LogP contribution in [-0.4, -0.2) is 12.6 Å². The summed E-state index contributed by atoms with van der Waals surface area (Å²) in [6, 6.07) is 13.1. The van der Waals surface area contributed by atoms with E-state index in [1.54, 1.807) is 0 Å². The molecule has 1 N–H and O–H groups in total. The van der Waals surface area contributed by atoms with Crippen LogP contribution in [0.15, 0.2) is 30.3 Å². The minimum Gasteiger partial charge on any atom is -0.313 e. The van der Waals surface area contributed by atoms with Crippen molar-refractivity contribution in [2.75, 3.05) is 6.54 Å². The summed E-state index contributed by atoms with van der Waals surface area (Å²) in [5, 5.41) is 12.9. The lowest BCUT2D eigenvalue weighted by molar-refractivity contribution is 0.229. The zero-order valence-electron chi connectivity index (χ0n) is 10.7. The van der Waals surface area contributed by atoms with Gasteiger partial charge in [-0.05, 0) is 25.3 Å². The summed E-state index contributed by atoms with van der Waals surface area (Å²) in [5.41, 5.74) is 0.883. The van der Waals surface area contributed by atoms with Crippen molar-refractivity contribution in [2.45, 2.75) is 37.6 Å². The van der Waals surface area contributed by atoms with Crippen LogP contribution in [0.2, 0.25) is 0 Å². The summed E-state index contributed by atoms with van der Waals surface area (Å²) in [6.07, 6.45) is 2.71. The summed E-state index contributed by atoms with van der Waals surface area (Å²) < 4.78 is 0. The van der Waals surface area contributed by atoms with E-state index in [0.717, 1.165) is 31.4 Å². The molecule has 0 bridgehead atoms. The van der Waals surface area contributed by atoms with Gasteiger partial charge in [0, 0.05) is 19.0 Å². The molecule has 1 saturated carbocycles. The van der Waals surface area contributed by atoms with Crippen LogP contribution in [0.1, 0.15) is 31.7 Å². The van der Waals surface area contributed by atoms with Gasteiger partial charge in [0.25, 0.3) is 0 Å². The third-order valence-corrected chi connectivity index (χ3v) is 3.59. The molecule has 2 rings (SSSR count). The van der Waals surface area contributed by atoms with Gasteiger partial charge in [-0.1, -0.05) is 30.3 Å². The van der Waals surface area contributed by atoms with Crippen LogP contribution in [0.5, 0.6) is 0 Å². The van der Waals surface area contributed by atoms with E-state index in [1.807, 2.05) is 25.1 Å². The van der Waals surface area contributed by atoms with E-state index in [4.69, 9.17) is 0 Å². The second kappa shape index (κ2) is 5.71. The number of benzene rings is 1. The average molecular weight is 238 g/mol. The largest absolute Gasteiger partial charge is 0.313 e. The molecule has 0 amide bonds. The highest BCUT2D eigenvalue weighted by Crippen LogP contribution is 2.43. The van der Waals surface area contributed by atoms with Crippen LogP contribution in [0.4, 0.5) is 0 Å². The Hall–Kier alpha value is -1.77. The van der Waals surface area contributed by atoms with Gasteiger partial charge in [-0.25, -0.2) is 0 Å². The molecule has 0 unspecified atom stereocenters. The predicted octanol–water partition coefficient (Wildman–Crippen LogP) is 2.61. The lowest BCUT2D eigenvalue weighted by Gasteiger charge is -2.43. The second-order valence-electron chi connectivity index (χ2n) is 4.80. The molecule has 1 aliphatic rings. The van der Waals surface area contributed by atoms with Crippen molar-refractivity contribution < 1.29 is 0 Å². The molecule has 0 aliphatic heterocycles. The van der Waals surface area contributed by atoms with Gasteiger partial charge in [0.1, 0.15) is 0 Å². The maximum Gasteiger partial charge on any atom is 0.0852 e. The van der Waals surface area contributed by atoms with Crippen LogP contribution in [0.3, 0.4) is 0 Å². The smallest absolute Gasteiger partial charge is 0.0852 e. The molecular weight excluding hydrogens is 220 g/mol. The van der Waals surface area contributed by atoms with Gasteiger partial charge in [-0.3, -0.25) is 0 Å². The lowest BCUT2D eigenvalue weighted by Crippen LogP contribution is -2.51. The molecule has 0 heterocycles. The summed E-state index contributed by atoms with van der Waals surface area (Å²) in [5.74, 6) is 5.93. The number of rotatable bonds is 4. The van der Waals surface area contributed by atoms with Crippen molar-refractivity contribution >= 4 is 0 Å². The van der Waals surface area contributed by atoms with Crippen molar-refractivity contribution in [1.29, 1.82) is 5.26 Å². The van der Waals surface area contributed by atoms with Gasteiger partial charge in [-0.2, -0.15) is 5.26 Å². The molecule has 2 heteroatoms. The first-order valence-corrected chi connectivity index (χ1v) is 6.40. The normalized spacial score (nSPS) is 25.4. The Morgan fingerprint density at radius 3 is 2.67 bits per heavy atom. The SMILES string of the molecule is CC#CCCNC1CC(C#N)(c2ccccc2)C1. The topological polar surface area (TPSA) is 35.8 Å². The monoisotopic (exact) mass is 238 g/mol. The third kappa shape index (κ3) is 2.55. The van der Waals surface area contributed by atoms with E-state index in [2.05, 4.69) is 35.4 Å². The highest BCUT2D eigenvalue weighted by atomic mass is 14.9. The number of hydrogen-bond donors (Lipinski definition) is 1. The van der Waals surface area contributed by atoms with Crippen LogP contribution in [-0.2, 0) is 5.41 Å². The average Bonchev–Trinajstić information content (AvgIpc) is 2.38. The Kier molecular flexibility index (Phi) is 4.03. The molecule has 0 spiro atoms. The van der Waals surface area contributed by atoms with Gasteiger partial charge >= 0.3 is 0 Å². The number of nitrogens with one attached hydrogen (secondary N) is 1. The minimum absolute atomic E-state index is 0.268. The fraction of sp³-hybridized carbons (Fsp3) is 0.438. The molecule has 1 aromatic rings. The number of nitriles is 1. The molecule has 2 nitrogen and oxygen atoms in total. The van der Waals surface area contributed by atoms with E-state index in [0.29, 0.717) is 6.04 Å². The van der Waals surface area contributed by atoms with E-state index in [-0.39, 0.29) is 5.41 Å². The fourth-order valence-corrected chi connectivity index (χ4v) is 2.54. The Morgan fingerprint density at radius 1 is 1.33 bits per heavy atom. The maximum absolute atomic E-state index is 9.42. The van der Waals surface area contributed by atoms with Crippen LogP contribution in [0, 0.1) is 23.2 Å². The summed E-state index contributed by atoms with van der Waals surface area (Å²) in [6.45, 7) is 2.78. The molecular formula is C16H18N2. The summed E-state index contributed by atoms with van der Waals surface area (Å²) in [4.78, 5) is 0. The first-order valence-electron chi connectivity index (χ1n) is 6.40. The Bertz CT molecular complexity index is 481. The minimum atomic E-state index is -0.268. The van der Waals surface area contributed by atoms with Gasteiger partial charge in [0.05, 0.1) is 11.5 Å². The van der Waals surface area contributed by atoms with Gasteiger partial charge in [0.2, 0.25) is 0 Å². The molecule has 1 fully saturated rings. The highest BCUT2D eigenvalue weighted by molar-refractivity contribution is 5.36. The van der Waals surface area contributed by atoms with Crippen molar-refractivity contribution in [3.05, 3.63) is 35.9 Å². The first kappa shape index (κ1) is 12.7. The van der Waals surface area contributed by atoms with Gasteiger partial charge in [-0.15, -0.1) is 11.8 Å². The first-order chi connectivity index (χ1) is 8.80. The Balaban J connectivity index is 1.88.